The van der Waals surface area contributed by atoms with Crippen molar-refractivity contribution in [2.75, 3.05) is 26.2 Å². The summed E-state index contributed by atoms with van der Waals surface area (Å²) in [6.45, 7) is 3.88. The van der Waals surface area contributed by atoms with Crippen molar-refractivity contribution in [1.29, 1.82) is 0 Å². The number of benzene rings is 1. The van der Waals surface area contributed by atoms with Crippen LogP contribution in [0.3, 0.4) is 0 Å². The summed E-state index contributed by atoms with van der Waals surface area (Å²) < 4.78 is 0. The van der Waals surface area contributed by atoms with E-state index < -0.39 is 4.92 Å². The van der Waals surface area contributed by atoms with Gasteiger partial charge in [-0.05, 0) is 5.56 Å². The van der Waals surface area contributed by atoms with Crippen LogP contribution in [0, 0.1) is 10.1 Å². The molecule has 0 radical (unpaired) electrons. The minimum Gasteiger partial charge on any atom is -0.329 e. The number of nitrogens with one attached hydrogen (secondary N) is 2. The van der Waals surface area contributed by atoms with Crippen molar-refractivity contribution in [1.82, 2.24) is 10.6 Å². The molecule has 6 nitrogen and oxygen atoms in total. The number of nitro groups is 1. The van der Waals surface area contributed by atoms with Crippen LogP contribution in [0.2, 0.25) is 0 Å². The zero-order valence-electron chi connectivity index (χ0n) is 10.5. The molecule has 0 unspecified atom stereocenters. The Kier molecular flexibility index (Phi) is 13.0. The van der Waals surface area contributed by atoms with Crippen molar-refractivity contribution in [2.45, 2.75) is 6.54 Å². The maximum absolute atomic E-state index is 10.4. The highest BCUT2D eigenvalue weighted by molar-refractivity contribution is 5.85. The molecule has 1 aromatic carbocycles. The number of nitrogens with two attached hydrogens (primary N) is 1. The van der Waals surface area contributed by atoms with Gasteiger partial charge in [0.2, 0.25) is 0 Å². The van der Waals surface area contributed by atoms with Gasteiger partial charge in [-0.2, -0.15) is 0 Å². The van der Waals surface area contributed by atoms with Crippen molar-refractivity contribution in [3.05, 3.63) is 39.9 Å². The summed E-state index contributed by atoms with van der Waals surface area (Å²) in [5.41, 5.74) is 6.49. The van der Waals surface area contributed by atoms with Crippen LogP contribution in [0.4, 0.5) is 5.69 Å². The van der Waals surface area contributed by atoms with E-state index in [9.17, 15) is 10.1 Å². The Hall–Kier alpha value is -0.920. The predicted molar refractivity (Wildman–Crippen MR) is 81.2 cm³/mol. The van der Waals surface area contributed by atoms with Gasteiger partial charge in [-0.15, -0.1) is 24.8 Å². The Morgan fingerprint density at radius 1 is 1.05 bits per heavy atom. The largest absolute Gasteiger partial charge is 0.329 e. The molecule has 0 bridgehead atoms. The maximum Gasteiger partial charge on any atom is 0.269 e. The molecule has 0 saturated carbocycles. The summed E-state index contributed by atoms with van der Waals surface area (Å²) in [6.07, 6.45) is 0. The van der Waals surface area contributed by atoms with Crippen molar-refractivity contribution in [3.8, 4) is 0 Å². The zero-order chi connectivity index (χ0) is 12.5. The van der Waals surface area contributed by atoms with Crippen molar-refractivity contribution < 1.29 is 4.92 Å². The van der Waals surface area contributed by atoms with Gasteiger partial charge in [0.25, 0.3) is 5.69 Å². The fraction of sp³-hybridized carbons (Fsp3) is 0.455. The molecular formula is C11H20Cl2N4O2. The third-order valence-electron chi connectivity index (χ3n) is 2.28. The highest BCUT2D eigenvalue weighted by Gasteiger charge is 2.03. The van der Waals surface area contributed by atoms with Crippen LogP contribution in [0.15, 0.2) is 24.3 Å². The summed E-state index contributed by atoms with van der Waals surface area (Å²) in [4.78, 5) is 10.0. The number of nitrogens with zero attached hydrogens (tertiary/aromatic N) is 1. The summed E-state index contributed by atoms with van der Waals surface area (Å²) in [5, 5.41) is 16.8. The molecule has 0 saturated heterocycles. The second-order valence-electron chi connectivity index (χ2n) is 3.64. The topological polar surface area (TPSA) is 93.2 Å². The van der Waals surface area contributed by atoms with E-state index in [0.29, 0.717) is 13.1 Å². The standard InChI is InChI=1S/C11H18N4O2.2ClH/c12-5-6-13-7-8-14-9-10-1-3-11(4-2-10)15(16)17;;/h1-4,13-14H,5-9,12H2;2*1H. The maximum atomic E-state index is 10.4. The van der Waals surface area contributed by atoms with E-state index in [-0.39, 0.29) is 30.5 Å². The first-order valence-electron chi connectivity index (χ1n) is 5.59. The van der Waals surface area contributed by atoms with Crippen LogP contribution in [-0.4, -0.2) is 31.1 Å². The number of nitro benzene ring substituents is 1. The van der Waals surface area contributed by atoms with E-state index in [1.54, 1.807) is 12.1 Å². The molecule has 1 rings (SSSR count). The lowest BCUT2D eigenvalue weighted by Crippen LogP contribution is -2.30. The number of rotatable bonds is 8. The molecule has 0 aliphatic heterocycles. The lowest BCUT2D eigenvalue weighted by molar-refractivity contribution is -0.384. The Bertz CT molecular complexity index is 349. The normalized spacial score (nSPS) is 9.32. The van der Waals surface area contributed by atoms with E-state index in [1.807, 2.05) is 0 Å². The fourth-order valence-corrected chi connectivity index (χ4v) is 1.37. The van der Waals surface area contributed by atoms with E-state index >= 15 is 0 Å². The van der Waals surface area contributed by atoms with Gasteiger partial charge >= 0.3 is 0 Å². The lowest BCUT2D eigenvalue weighted by Gasteiger charge is -2.05. The second-order valence-corrected chi connectivity index (χ2v) is 3.64. The van der Waals surface area contributed by atoms with Crippen LogP contribution in [0.25, 0.3) is 0 Å². The molecule has 1 aromatic rings. The van der Waals surface area contributed by atoms with Gasteiger partial charge in [0.1, 0.15) is 0 Å². The van der Waals surface area contributed by atoms with Gasteiger partial charge in [-0.1, -0.05) is 12.1 Å². The molecule has 0 fully saturated rings. The van der Waals surface area contributed by atoms with Crippen molar-refractivity contribution in [2.24, 2.45) is 5.73 Å². The van der Waals surface area contributed by atoms with E-state index in [2.05, 4.69) is 10.6 Å². The predicted octanol–water partition coefficient (Wildman–Crippen LogP) is 1.08. The van der Waals surface area contributed by atoms with Gasteiger partial charge < -0.3 is 16.4 Å². The minimum absolute atomic E-state index is 0. The number of halogens is 2. The van der Waals surface area contributed by atoms with E-state index in [0.717, 1.165) is 25.2 Å². The molecule has 0 amide bonds. The lowest BCUT2D eigenvalue weighted by atomic mass is 10.2. The molecule has 0 aliphatic rings. The first kappa shape index (κ1) is 20.4. The summed E-state index contributed by atoms with van der Waals surface area (Å²) >= 11 is 0. The molecule has 0 spiro atoms. The van der Waals surface area contributed by atoms with Crippen LogP contribution in [0.5, 0.6) is 0 Å². The Morgan fingerprint density at radius 3 is 2.16 bits per heavy atom. The van der Waals surface area contributed by atoms with Gasteiger partial charge in [0.05, 0.1) is 4.92 Å². The van der Waals surface area contributed by atoms with Crippen molar-refractivity contribution in [3.63, 3.8) is 0 Å². The number of non-ortho nitro benzene ring substituents is 1. The third-order valence-corrected chi connectivity index (χ3v) is 2.28. The smallest absolute Gasteiger partial charge is 0.269 e. The molecule has 110 valence electrons. The minimum atomic E-state index is -0.395. The summed E-state index contributed by atoms with van der Waals surface area (Å²) in [5.74, 6) is 0. The molecule has 0 aromatic heterocycles. The first-order valence-corrected chi connectivity index (χ1v) is 5.59. The van der Waals surface area contributed by atoms with E-state index in [1.165, 1.54) is 12.1 Å². The molecule has 0 heterocycles. The quantitative estimate of drug-likeness (QED) is 0.379. The monoisotopic (exact) mass is 310 g/mol. The van der Waals surface area contributed by atoms with Gasteiger partial charge in [-0.3, -0.25) is 10.1 Å². The Labute approximate surface area is 125 Å². The van der Waals surface area contributed by atoms with Gasteiger partial charge in [0.15, 0.2) is 0 Å². The molecule has 0 atom stereocenters. The Morgan fingerprint density at radius 2 is 1.63 bits per heavy atom. The zero-order valence-corrected chi connectivity index (χ0v) is 12.1. The molecule has 0 aliphatic carbocycles. The highest BCUT2D eigenvalue weighted by Crippen LogP contribution is 2.11. The second kappa shape index (κ2) is 12.1. The van der Waals surface area contributed by atoms with Crippen molar-refractivity contribution >= 4 is 30.5 Å². The average molecular weight is 311 g/mol. The first-order chi connectivity index (χ1) is 8.24. The number of hydrogen-bond acceptors (Lipinski definition) is 5. The third kappa shape index (κ3) is 8.74. The molecule has 4 N–H and O–H groups in total. The van der Waals surface area contributed by atoms with Crippen LogP contribution in [0.1, 0.15) is 5.56 Å². The van der Waals surface area contributed by atoms with Crippen LogP contribution >= 0.6 is 24.8 Å². The molecule has 19 heavy (non-hydrogen) atoms. The molecule has 8 heteroatoms. The van der Waals surface area contributed by atoms with E-state index in [4.69, 9.17) is 5.73 Å². The fourth-order valence-electron chi connectivity index (χ4n) is 1.37. The SMILES string of the molecule is Cl.Cl.NCCNCCNCc1ccc([N+](=O)[O-])cc1. The summed E-state index contributed by atoms with van der Waals surface area (Å²) in [6, 6.07) is 6.56. The van der Waals surface area contributed by atoms with Gasteiger partial charge in [-0.25, -0.2) is 0 Å². The molecular weight excluding hydrogens is 291 g/mol. The average Bonchev–Trinajstić information content (AvgIpc) is 2.34. The van der Waals surface area contributed by atoms with Crippen LogP contribution < -0.4 is 16.4 Å². The number of hydrogen-bond donors (Lipinski definition) is 3. The summed E-state index contributed by atoms with van der Waals surface area (Å²) in [7, 11) is 0. The Balaban J connectivity index is 0. The van der Waals surface area contributed by atoms with Gasteiger partial charge in [0, 0.05) is 44.9 Å². The van der Waals surface area contributed by atoms with Crippen LogP contribution in [-0.2, 0) is 6.54 Å². The highest BCUT2D eigenvalue weighted by atomic mass is 35.5.